The number of nitrogens with one attached hydrogen (secondary N) is 2. The molecular formula is C23H23N5O3S. The third-order valence-corrected chi connectivity index (χ3v) is 6.46. The van der Waals surface area contributed by atoms with E-state index in [-0.39, 0.29) is 23.0 Å². The smallest absolute Gasteiger partial charge is 0.255 e. The molecule has 0 atom stereocenters. The standard InChI is InChI=1S/C23H23N5O3S/c29-20-6-5-15(11-21(20)30)22(31)25-18-4-2-1-3-17(18)19-13-28-16(14-32-23(28)26-19)12-27-9-7-24-8-10-27/h1-6,11,13-14,24,29-30H,7-10,12H2,(H,25,31). The van der Waals surface area contributed by atoms with Crippen LogP contribution < -0.4 is 10.6 Å². The molecule has 5 rings (SSSR count). The van der Waals surface area contributed by atoms with Gasteiger partial charge in [0.15, 0.2) is 16.5 Å². The summed E-state index contributed by atoms with van der Waals surface area (Å²) in [5.74, 6) is -0.984. The summed E-state index contributed by atoms with van der Waals surface area (Å²) in [6.07, 6.45) is 2.01. The molecule has 0 aliphatic carbocycles. The SMILES string of the molecule is O=C(Nc1ccccc1-c1cn2c(CN3CCNCC3)csc2n1)c1ccc(O)c(O)c1. The zero-order valence-corrected chi connectivity index (χ0v) is 18.1. The average molecular weight is 450 g/mol. The van der Waals surface area contributed by atoms with Crippen LogP contribution in [0.25, 0.3) is 16.2 Å². The van der Waals surface area contributed by atoms with Crippen LogP contribution in [0.3, 0.4) is 0 Å². The summed E-state index contributed by atoms with van der Waals surface area (Å²) >= 11 is 1.61. The normalized spacial score (nSPS) is 14.6. The Morgan fingerprint density at radius 1 is 1.12 bits per heavy atom. The molecule has 8 nitrogen and oxygen atoms in total. The number of para-hydroxylation sites is 1. The van der Waals surface area contributed by atoms with Crippen LogP contribution >= 0.6 is 11.3 Å². The zero-order chi connectivity index (χ0) is 22.1. The van der Waals surface area contributed by atoms with E-state index in [0.717, 1.165) is 48.9 Å². The van der Waals surface area contributed by atoms with Crippen molar-refractivity contribution in [3.63, 3.8) is 0 Å². The van der Waals surface area contributed by atoms with Gasteiger partial charge in [-0.05, 0) is 24.3 Å². The second-order valence-corrected chi connectivity index (χ2v) is 8.57. The Bertz CT molecular complexity index is 1280. The lowest BCUT2D eigenvalue weighted by Gasteiger charge is -2.26. The summed E-state index contributed by atoms with van der Waals surface area (Å²) in [6, 6.07) is 11.5. The van der Waals surface area contributed by atoms with Crippen LogP contribution in [-0.2, 0) is 6.54 Å². The summed E-state index contributed by atoms with van der Waals surface area (Å²) in [6.45, 7) is 4.95. The van der Waals surface area contributed by atoms with E-state index >= 15 is 0 Å². The second-order valence-electron chi connectivity index (χ2n) is 7.74. The average Bonchev–Trinajstić information content (AvgIpc) is 3.38. The summed E-state index contributed by atoms with van der Waals surface area (Å²) in [4.78, 5) is 20.9. The second kappa shape index (κ2) is 8.62. The highest BCUT2D eigenvalue weighted by atomic mass is 32.1. The van der Waals surface area contributed by atoms with Gasteiger partial charge in [-0.3, -0.25) is 14.1 Å². The predicted octanol–water partition coefficient (Wildman–Crippen LogP) is 3.13. The van der Waals surface area contributed by atoms with Crippen molar-refractivity contribution in [2.75, 3.05) is 31.5 Å². The van der Waals surface area contributed by atoms with E-state index in [0.29, 0.717) is 5.69 Å². The molecule has 3 heterocycles. The number of rotatable bonds is 5. The van der Waals surface area contributed by atoms with Crippen LogP contribution in [0.4, 0.5) is 5.69 Å². The number of imidazole rings is 1. The van der Waals surface area contributed by atoms with Gasteiger partial charge >= 0.3 is 0 Å². The minimum absolute atomic E-state index is 0.249. The van der Waals surface area contributed by atoms with Crippen molar-refractivity contribution in [3.05, 3.63) is 65.3 Å². The molecule has 0 bridgehead atoms. The Morgan fingerprint density at radius 2 is 1.94 bits per heavy atom. The number of aromatic nitrogens is 2. The Hall–Kier alpha value is -3.40. The molecule has 4 aromatic rings. The summed E-state index contributed by atoms with van der Waals surface area (Å²) in [7, 11) is 0. The molecule has 1 fully saturated rings. The first kappa shape index (κ1) is 20.5. The van der Waals surface area contributed by atoms with Crippen molar-refractivity contribution in [3.8, 4) is 22.8 Å². The molecule has 2 aromatic carbocycles. The molecule has 1 amide bonds. The number of aromatic hydroxyl groups is 2. The Morgan fingerprint density at radius 3 is 2.75 bits per heavy atom. The van der Waals surface area contributed by atoms with Crippen LogP contribution in [0.2, 0.25) is 0 Å². The van der Waals surface area contributed by atoms with Gasteiger partial charge in [0.2, 0.25) is 0 Å². The van der Waals surface area contributed by atoms with Crippen molar-refractivity contribution in [2.24, 2.45) is 0 Å². The largest absolute Gasteiger partial charge is 0.504 e. The van der Waals surface area contributed by atoms with Crippen LogP contribution in [0, 0.1) is 0 Å². The fourth-order valence-corrected chi connectivity index (χ4v) is 4.71. The van der Waals surface area contributed by atoms with E-state index in [9.17, 15) is 15.0 Å². The highest BCUT2D eigenvalue weighted by Crippen LogP contribution is 2.31. The third kappa shape index (κ3) is 4.05. The van der Waals surface area contributed by atoms with Gasteiger partial charge in [-0.2, -0.15) is 0 Å². The maximum absolute atomic E-state index is 12.7. The first-order valence-corrected chi connectivity index (χ1v) is 11.3. The number of benzene rings is 2. The van der Waals surface area contributed by atoms with Gasteiger partial charge in [-0.1, -0.05) is 18.2 Å². The van der Waals surface area contributed by atoms with Gasteiger partial charge < -0.3 is 20.8 Å². The molecule has 164 valence electrons. The minimum atomic E-state index is -0.381. The van der Waals surface area contributed by atoms with E-state index in [1.54, 1.807) is 11.3 Å². The van der Waals surface area contributed by atoms with Gasteiger partial charge in [0.05, 0.1) is 11.4 Å². The molecule has 4 N–H and O–H groups in total. The highest BCUT2D eigenvalue weighted by molar-refractivity contribution is 7.15. The Kier molecular flexibility index (Phi) is 5.52. The fraction of sp³-hybridized carbons (Fsp3) is 0.217. The van der Waals surface area contributed by atoms with E-state index in [2.05, 4.69) is 25.3 Å². The molecule has 1 aliphatic rings. The van der Waals surface area contributed by atoms with Gasteiger partial charge in [-0.15, -0.1) is 11.3 Å². The zero-order valence-electron chi connectivity index (χ0n) is 17.3. The van der Waals surface area contributed by atoms with Crippen molar-refractivity contribution in [1.82, 2.24) is 19.6 Å². The highest BCUT2D eigenvalue weighted by Gasteiger charge is 2.17. The lowest BCUT2D eigenvalue weighted by atomic mass is 10.1. The number of carbonyl (C=O) groups is 1. The maximum atomic E-state index is 12.7. The van der Waals surface area contributed by atoms with Crippen LogP contribution in [0.5, 0.6) is 11.5 Å². The number of hydrogen-bond donors (Lipinski definition) is 4. The van der Waals surface area contributed by atoms with Crippen LogP contribution in [0.15, 0.2) is 54.0 Å². The number of fused-ring (bicyclic) bond motifs is 1. The van der Waals surface area contributed by atoms with Gasteiger partial charge in [0, 0.05) is 61.1 Å². The number of piperazine rings is 1. The number of carbonyl (C=O) groups excluding carboxylic acids is 1. The summed E-state index contributed by atoms with van der Waals surface area (Å²) in [5, 5.41) is 27.6. The van der Waals surface area contributed by atoms with Gasteiger partial charge in [0.1, 0.15) is 0 Å². The predicted molar refractivity (Wildman–Crippen MR) is 124 cm³/mol. The van der Waals surface area contributed by atoms with Crippen LogP contribution in [-0.4, -0.2) is 56.6 Å². The van der Waals surface area contributed by atoms with Crippen molar-refractivity contribution in [1.29, 1.82) is 0 Å². The molecule has 0 spiro atoms. The summed E-state index contributed by atoms with van der Waals surface area (Å²) in [5.41, 5.74) is 3.67. The fourth-order valence-electron chi connectivity index (χ4n) is 3.85. The number of anilines is 1. The maximum Gasteiger partial charge on any atom is 0.255 e. The molecule has 1 saturated heterocycles. The topological polar surface area (TPSA) is 102 Å². The van der Waals surface area contributed by atoms with Crippen molar-refractivity contribution in [2.45, 2.75) is 6.54 Å². The molecule has 1 aliphatic heterocycles. The molecule has 0 unspecified atom stereocenters. The third-order valence-electron chi connectivity index (χ3n) is 5.57. The van der Waals surface area contributed by atoms with E-state index < -0.39 is 0 Å². The van der Waals surface area contributed by atoms with E-state index in [1.807, 2.05) is 30.5 Å². The van der Waals surface area contributed by atoms with E-state index in [1.165, 1.54) is 23.9 Å². The lowest BCUT2D eigenvalue weighted by molar-refractivity contribution is 0.102. The van der Waals surface area contributed by atoms with E-state index in [4.69, 9.17) is 4.98 Å². The summed E-state index contributed by atoms with van der Waals surface area (Å²) < 4.78 is 2.12. The molecule has 32 heavy (non-hydrogen) atoms. The van der Waals surface area contributed by atoms with Crippen molar-refractivity contribution >= 4 is 27.9 Å². The number of phenolic OH excluding ortho intramolecular Hbond substituents is 2. The van der Waals surface area contributed by atoms with Gasteiger partial charge in [0.25, 0.3) is 5.91 Å². The van der Waals surface area contributed by atoms with Crippen molar-refractivity contribution < 1.29 is 15.0 Å². The number of amides is 1. The minimum Gasteiger partial charge on any atom is -0.504 e. The lowest BCUT2D eigenvalue weighted by Crippen LogP contribution is -2.43. The Labute approximate surface area is 188 Å². The van der Waals surface area contributed by atoms with Crippen LogP contribution in [0.1, 0.15) is 16.1 Å². The molecular weight excluding hydrogens is 426 g/mol. The molecule has 9 heteroatoms. The first-order valence-electron chi connectivity index (χ1n) is 10.4. The number of thiazole rings is 1. The Balaban J connectivity index is 1.41. The number of phenols is 2. The molecule has 0 radical (unpaired) electrons. The molecule has 2 aromatic heterocycles. The number of hydrogen-bond acceptors (Lipinski definition) is 7. The first-order chi connectivity index (χ1) is 15.6. The molecule has 0 saturated carbocycles. The quantitative estimate of drug-likeness (QED) is 0.349. The van der Waals surface area contributed by atoms with Gasteiger partial charge in [-0.25, -0.2) is 4.98 Å². The number of nitrogens with zero attached hydrogens (tertiary/aromatic N) is 3. The monoisotopic (exact) mass is 449 g/mol.